The lowest BCUT2D eigenvalue weighted by Gasteiger charge is -2.10. The van der Waals surface area contributed by atoms with Crippen LogP contribution < -0.4 is 10.6 Å². The fourth-order valence-corrected chi connectivity index (χ4v) is 2.57. The van der Waals surface area contributed by atoms with Gasteiger partial charge < -0.3 is 10.6 Å². The highest BCUT2D eigenvalue weighted by molar-refractivity contribution is 5.55. The van der Waals surface area contributed by atoms with Crippen molar-refractivity contribution in [3.63, 3.8) is 0 Å². The zero-order valence-electron chi connectivity index (χ0n) is 15.0. The van der Waals surface area contributed by atoms with E-state index in [1.54, 1.807) is 0 Å². The Balaban J connectivity index is 1.69. The molecule has 0 unspecified atom stereocenters. The highest BCUT2D eigenvalue weighted by Crippen LogP contribution is 2.17. The summed E-state index contributed by atoms with van der Waals surface area (Å²) >= 11 is 0. The highest BCUT2D eigenvalue weighted by Gasteiger charge is 2.03. The van der Waals surface area contributed by atoms with Crippen molar-refractivity contribution >= 4 is 17.5 Å². The summed E-state index contributed by atoms with van der Waals surface area (Å²) in [5.74, 6) is 1.43. The van der Waals surface area contributed by atoms with Crippen LogP contribution in [-0.2, 0) is 13.0 Å². The maximum atomic E-state index is 4.57. The maximum absolute atomic E-state index is 4.57. The zero-order valence-corrected chi connectivity index (χ0v) is 15.0. The van der Waals surface area contributed by atoms with Crippen molar-refractivity contribution in [3.8, 4) is 0 Å². The molecule has 4 nitrogen and oxygen atoms in total. The molecule has 0 bridgehead atoms. The molecule has 0 aliphatic carbocycles. The van der Waals surface area contributed by atoms with E-state index in [0.717, 1.165) is 30.2 Å². The first-order valence-corrected chi connectivity index (χ1v) is 8.63. The van der Waals surface area contributed by atoms with E-state index in [2.05, 4.69) is 83.0 Å². The van der Waals surface area contributed by atoms with E-state index < -0.39 is 0 Å². The number of benzene rings is 2. The van der Waals surface area contributed by atoms with Gasteiger partial charge in [0.05, 0.1) is 0 Å². The van der Waals surface area contributed by atoms with Crippen molar-refractivity contribution in [2.75, 3.05) is 10.6 Å². The van der Waals surface area contributed by atoms with E-state index in [-0.39, 0.29) is 0 Å². The summed E-state index contributed by atoms with van der Waals surface area (Å²) in [7, 11) is 0. The predicted molar refractivity (Wildman–Crippen MR) is 104 cm³/mol. The Kier molecular flexibility index (Phi) is 5.29. The van der Waals surface area contributed by atoms with Crippen molar-refractivity contribution in [1.82, 2.24) is 9.97 Å². The Hall–Kier alpha value is -2.88. The molecule has 0 aliphatic rings. The Bertz CT molecular complexity index is 824. The Labute approximate surface area is 149 Å². The first-order chi connectivity index (χ1) is 12.1. The molecule has 2 N–H and O–H groups in total. The van der Waals surface area contributed by atoms with Crippen LogP contribution in [0.1, 0.15) is 29.3 Å². The Morgan fingerprint density at radius 3 is 2.20 bits per heavy atom. The third kappa shape index (κ3) is 4.80. The summed E-state index contributed by atoms with van der Waals surface area (Å²) in [6.45, 7) is 6.96. The average Bonchev–Trinajstić information content (AvgIpc) is 2.61. The second kappa shape index (κ2) is 7.79. The van der Waals surface area contributed by atoms with Crippen LogP contribution in [-0.4, -0.2) is 9.97 Å². The van der Waals surface area contributed by atoms with Crippen molar-refractivity contribution in [3.05, 3.63) is 77.0 Å². The first-order valence-electron chi connectivity index (χ1n) is 8.63. The number of hydrogen-bond donors (Lipinski definition) is 2. The van der Waals surface area contributed by atoms with Gasteiger partial charge in [0.2, 0.25) is 5.95 Å². The second-order valence-electron chi connectivity index (χ2n) is 6.23. The fraction of sp³-hybridized carbons (Fsp3) is 0.238. The molecule has 25 heavy (non-hydrogen) atoms. The van der Waals surface area contributed by atoms with Crippen molar-refractivity contribution in [1.29, 1.82) is 0 Å². The highest BCUT2D eigenvalue weighted by atomic mass is 15.1. The standard InChI is InChI=1S/C21H24N4/c1-4-17-9-11-19(12-10-17)24-21-23-16(3)13-20(25-21)22-14-18-7-5-15(2)6-8-18/h5-13H,4,14H2,1-3H3,(H2,22,23,24,25). The largest absolute Gasteiger partial charge is 0.366 e. The maximum Gasteiger partial charge on any atom is 0.229 e. The van der Waals surface area contributed by atoms with Crippen molar-refractivity contribution in [2.45, 2.75) is 33.7 Å². The lowest BCUT2D eigenvalue weighted by molar-refractivity contribution is 1.06. The molecule has 0 atom stereocenters. The fourth-order valence-electron chi connectivity index (χ4n) is 2.57. The van der Waals surface area contributed by atoms with Crippen LogP contribution in [0.25, 0.3) is 0 Å². The molecule has 3 rings (SSSR count). The van der Waals surface area contributed by atoms with Gasteiger partial charge in [-0.2, -0.15) is 4.98 Å². The van der Waals surface area contributed by atoms with E-state index in [4.69, 9.17) is 0 Å². The van der Waals surface area contributed by atoms with Crippen LogP contribution in [0.3, 0.4) is 0 Å². The molecule has 128 valence electrons. The molecule has 0 saturated carbocycles. The third-order valence-electron chi connectivity index (χ3n) is 4.07. The smallest absolute Gasteiger partial charge is 0.229 e. The van der Waals surface area contributed by atoms with E-state index in [1.807, 2.05) is 13.0 Å². The third-order valence-corrected chi connectivity index (χ3v) is 4.07. The van der Waals surface area contributed by atoms with Crippen LogP contribution in [0.4, 0.5) is 17.5 Å². The minimum atomic E-state index is 0.607. The summed E-state index contributed by atoms with van der Waals surface area (Å²) in [5, 5.41) is 6.65. The van der Waals surface area contributed by atoms with Gasteiger partial charge in [-0.05, 0) is 43.5 Å². The van der Waals surface area contributed by atoms with Crippen LogP contribution in [0.15, 0.2) is 54.6 Å². The molecule has 0 aliphatic heterocycles. The van der Waals surface area contributed by atoms with Crippen molar-refractivity contribution < 1.29 is 0 Å². The van der Waals surface area contributed by atoms with Crippen LogP contribution >= 0.6 is 0 Å². The number of nitrogens with zero attached hydrogens (tertiary/aromatic N) is 2. The van der Waals surface area contributed by atoms with Gasteiger partial charge in [0, 0.05) is 24.0 Å². The van der Waals surface area contributed by atoms with Gasteiger partial charge in [-0.1, -0.05) is 48.9 Å². The van der Waals surface area contributed by atoms with Crippen LogP contribution in [0.5, 0.6) is 0 Å². The summed E-state index contributed by atoms with van der Waals surface area (Å²) < 4.78 is 0. The SMILES string of the molecule is CCc1ccc(Nc2nc(C)cc(NCc3ccc(C)cc3)n2)cc1. The van der Waals surface area contributed by atoms with Crippen LogP contribution in [0, 0.1) is 13.8 Å². The van der Waals surface area contributed by atoms with Gasteiger partial charge in [-0.25, -0.2) is 4.98 Å². The summed E-state index contributed by atoms with van der Waals surface area (Å²) in [6, 6.07) is 18.8. The lowest BCUT2D eigenvalue weighted by atomic mass is 10.1. The van der Waals surface area contributed by atoms with Gasteiger partial charge in [-0.3, -0.25) is 0 Å². The number of aryl methyl sites for hydroxylation is 3. The summed E-state index contributed by atoms with van der Waals surface area (Å²) in [6.07, 6.45) is 1.04. The second-order valence-corrected chi connectivity index (χ2v) is 6.23. The molecule has 1 aromatic heterocycles. The Morgan fingerprint density at radius 2 is 1.52 bits per heavy atom. The number of nitrogens with one attached hydrogen (secondary N) is 2. The molecular formula is C21H24N4. The number of rotatable bonds is 6. The zero-order chi connectivity index (χ0) is 17.6. The first kappa shape index (κ1) is 17.0. The molecule has 0 amide bonds. The number of anilines is 3. The van der Waals surface area contributed by atoms with E-state index in [9.17, 15) is 0 Å². The topological polar surface area (TPSA) is 49.8 Å². The van der Waals surface area contributed by atoms with Crippen LogP contribution in [0.2, 0.25) is 0 Å². The molecule has 4 heteroatoms. The van der Waals surface area contributed by atoms with E-state index in [0.29, 0.717) is 5.95 Å². The predicted octanol–water partition coefficient (Wildman–Crippen LogP) is 5.01. The van der Waals surface area contributed by atoms with E-state index in [1.165, 1.54) is 16.7 Å². The normalized spacial score (nSPS) is 10.5. The van der Waals surface area contributed by atoms with Gasteiger partial charge >= 0.3 is 0 Å². The average molecular weight is 332 g/mol. The minimum Gasteiger partial charge on any atom is -0.366 e. The molecule has 3 aromatic rings. The summed E-state index contributed by atoms with van der Waals surface area (Å²) in [4.78, 5) is 9.05. The molecular weight excluding hydrogens is 308 g/mol. The quantitative estimate of drug-likeness (QED) is 0.666. The van der Waals surface area contributed by atoms with Crippen molar-refractivity contribution in [2.24, 2.45) is 0 Å². The lowest BCUT2D eigenvalue weighted by Crippen LogP contribution is -2.05. The van der Waals surface area contributed by atoms with Gasteiger partial charge in [0.1, 0.15) is 5.82 Å². The molecule has 0 fully saturated rings. The molecule has 0 spiro atoms. The molecule has 1 heterocycles. The van der Waals surface area contributed by atoms with Gasteiger partial charge in [-0.15, -0.1) is 0 Å². The summed E-state index contributed by atoms with van der Waals surface area (Å²) in [5.41, 5.74) is 5.73. The molecule has 2 aromatic carbocycles. The Morgan fingerprint density at radius 1 is 0.840 bits per heavy atom. The van der Waals surface area contributed by atoms with Gasteiger partial charge in [0.25, 0.3) is 0 Å². The number of aromatic nitrogens is 2. The molecule has 0 radical (unpaired) electrons. The molecule has 0 saturated heterocycles. The monoisotopic (exact) mass is 332 g/mol. The minimum absolute atomic E-state index is 0.607. The van der Waals surface area contributed by atoms with Gasteiger partial charge in [0.15, 0.2) is 0 Å². The van der Waals surface area contributed by atoms with E-state index >= 15 is 0 Å². The number of hydrogen-bond acceptors (Lipinski definition) is 4.